The van der Waals surface area contributed by atoms with E-state index in [-0.39, 0.29) is 0 Å². The van der Waals surface area contributed by atoms with Crippen LogP contribution in [0.2, 0.25) is 0 Å². The number of hydrogen-bond donors (Lipinski definition) is 0. The van der Waals surface area contributed by atoms with Gasteiger partial charge in [-0.15, -0.1) is 0 Å². The molecular formula is C39H70N6O4S2. The maximum Gasteiger partial charge on any atom is 0.235 e. The average molecular weight is 751 g/mol. The van der Waals surface area contributed by atoms with Gasteiger partial charge in [-0.2, -0.15) is 21.0 Å². The first-order chi connectivity index (χ1) is 24.5. The monoisotopic (exact) mass is 750 g/mol. The van der Waals surface area contributed by atoms with Crippen LogP contribution in [0, 0.1) is 45.3 Å². The fourth-order valence-corrected chi connectivity index (χ4v) is 10.7. The van der Waals surface area contributed by atoms with Crippen LogP contribution in [0.25, 0.3) is 0 Å². The topological polar surface area (TPSA) is 170 Å². The molecule has 0 N–H and O–H groups in total. The first-order valence-corrected chi connectivity index (χ1v) is 22.9. The van der Waals surface area contributed by atoms with Crippen LogP contribution in [0.15, 0.2) is 0 Å². The highest BCUT2D eigenvalue weighted by molar-refractivity contribution is 8.08. The molecule has 0 unspecified atom stereocenters. The molecule has 0 atom stereocenters. The minimum atomic E-state index is -4.23. The zero-order valence-electron chi connectivity index (χ0n) is 32.3. The van der Waals surface area contributed by atoms with Crippen molar-refractivity contribution < 1.29 is 16.8 Å². The summed E-state index contributed by atoms with van der Waals surface area (Å²) in [6.07, 6.45) is 23.5. The van der Waals surface area contributed by atoms with Gasteiger partial charge in [0.05, 0.1) is 24.3 Å². The smallest absolute Gasteiger partial charge is 0.210 e. The second-order valence-electron chi connectivity index (χ2n) is 14.3. The molecule has 0 aromatic carbocycles. The first-order valence-electron chi connectivity index (χ1n) is 20.0. The van der Waals surface area contributed by atoms with Crippen LogP contribution >= 0.6 is 0 Å². The van der Waals surface area contributed by atoms with Gasteiger partial charge in [-0.05, 0) is 65.2 Å². The van der Waals surface area contributed by atoms with Crippen LogP contribution in [-0.4, -0.2) is 55.7 Å². The lowest BCUT2D eigenvalue weighted by atomic mass is 10.1. The molecule has 0 radical (unpaired) electrons. The van der Waals surface area contributed by atoms with E-state index in [4.69, 9.17) is 21.0 Å². The molecule has 0 rings (SSSR count). The van der Waals surface area contributed by atoms with Crippen molar-refractivity contribution >= 4 is 20.0 Å². The normalized spacial score (nSPS) is 12.1. The summed E-state index contributed by atoms with van der Waals surface area (Å²) in [7, 11) is -8.46. The number of nitriles is 4. The quantitative estimate of drug-likeness (QED) is 0.0570. The SMILES string of the molecule is CC(C)(S(=O)(=O)N(CCCCCCCCC#N)CCCCCCCCC#N)S(=O)(=O)N(CCCCCCCCC#N)CCCCCCCCC#N. The molecule has 0 fully saturated rings. The van der Waals surface area contributed by atoms with Crippen molar-refractivity contribution in [3.63, 3.8) is 0 Å². The second kappa shape index (κ2) is 31.3. The lowest BCUT2D eigenvalue weighted by molar-refractivity contribution is 0.361. The van der Waals surface area contributed by atoms with Gasteiger partial charge in [0.2, 0.25) is 20.0 Å². The Kier molecular flexibility index (Phi) is 30.0. The molecule has 0 heterocycles. The Bertz CT molecular complexity index is 1100. The molecule has 0 aliphatic heterocycles. The molecule has 51 heavy (non-hydrogen) atoms. The van der Waals surface area contributed by atoms with Crippen LogP contribution in [0.3, 0.4) is 0 Å². The van der Waals surface area contributed by atoms with Gasteiger partial charge in [0, 0.05) is 51.9 Å². The molecule has 0 aromatic heterocycles. The molecule has 10 nitrogen and oxygen atoms in total. The predicted octanol–water partition coefficient (Wildman–Crippen LogP) is 10.0. The molecule has 292 valence electrons. The fraction of sp³-hybridized carbons (Fsp3) is 0.897. The van der Waals surface area contributed by atoms with E-state index >= 15 is 0 Å². The number of sulfonamides is 2. The van der Waals surface area contributed by atoms with E-state index in [9.17, 15) is 16.8 Å². The minimum Gasteiger partial charge on any atom is -0.210 e. The Morgan fingerprint density at radius 1 is 0.353 bits per heavy atom. The van der Waals surface area contributed by atoms with Crippen LogP contribution in [0.4, 0.5) is 0 Å². The van der Waals surface area contributed by atoms with Gasteiger partial charge >= 0.3 is 0 Å². The van der Waals surface area contributed by atoms with Crippen molar-refractivity contribution in [2.24, 2.45) is 0 Å². The third-order valence-corrected chi connectivity index (χ3v) is 15.5. The molecule has 0 aliphatic rings. The van der Waals surface area contributed by atoms with E-state index in [1.807, 2.05) is 0 Å². The molecule has 0 spiro atoms. The van der Waals surface area contributed by atoms with Gasteiger partial charge in [0.1, 0.15) is 0 Å². The largest absolute Gasteiger partial charge is 0.235 e. The summed E-state index contributed by atoms with van der Waals surface area (Å²) in [5.41, 5.74) is 0. The van der Waals surface area contributed by atoms with E-state index in [2.05, 4.69) is 24.3 Å². The maximum absolute atomic E-state index is 14.4. The van der Waals surface area contributed by atoms with Crippen LogP contribution in [0.5, 0.6) is 0 Å². The Balaban J connectivity index is 5.72. The molecule has 0 aromatic rings. The summed E-state index contributed by atoms with van der Waals surface area (Å²) in [5.74, 6) is 0. The first kappa shape index (κ1) is 48.8. The van der Waals surface area contributed by atoms with E-state index in [0.29, 0.717) is 77.5 Å². The highest BCUT2D eigenvalue weighted by Gasteiger charge is 2.52. The van der Waals surface area contributed by atoms with Crippen LogP contribution < -0.4 is 0 Å². The van der Waals surface area contributed by atoms with Crippen molar-refractivity contribution in [1.82, 2.24) is 8.61 Å². The standard InChI is InChI=1S/C39H70N6O4S2/c1-39(2,50(46,47)44(35-27-19-11-3-7-15-23-31-40)36-28-20-12-4-8-16-24-32-41)51(48,49)45(37-29-21-13-5-9-17-25-33-42)38-30-22-14-6-10-18-26-34-43/h3-30,35-38H2,1-2H3. The fourth-order valence-electron chi connectivity index (χ4n) is 6.26. The van der Waals surface area contributed by atoms with Crippen molar-refractivity contribution in [3.8, 4) is 24.3 Å². The summed E-state index contributed by atoms with van der Waals surface area (Å²) < 4.78 is 58.4. The van der Waals surface area contributed by atoms with Crippen molar-refractivity contribution in [2.45, 2.75) is 198 Å². The van der Waals surface area contributed by atoms with Gasteiger partial charge in [-0.25, -0.2) is 25.4 Å². The summed E-state index contributed by atoms with van der Waals surface area (Å²) >= 11 is 0. The molecule has 0 saturated heterocycles. The minimum absolute atomic E-state index is 0.291. The maximum atomic E-state index is 14.4. The van der Waals surface area contributed by atoms with Crippen molar-refractivity contribution in [2.75, 3.05) is 26.2 Å². The van der Waals surface area contributed by atoms with E-state index in [0.717, 1.165) is 128 Å². The molecule has 0 amide bonds. The zero-order chi connectivity index (χ0) is 38.1. The molecule has 0 saturated carbocycles. The van der Waals surface area contributed by atoms with E-state index in [1.165, 1.54) is 22.5 Å². The molecule has 0 aliphatic carbocycles. The Hall–Kier alpha value is -2.22. The predicted molar refractivity (Wildman–Crippen MR) is 207 cm³/mol. The highest BCUT2D eigenvalue weighted by Crippen LogP contribution is 2.32. The number of rotatable bonds is 36. The third kappa shape index (κ3) is 21.8. The highest BCUT2D eigenvalue weighted by atomic mass is 32.3. The number of unbranched alkanes of at least 4 members (excludes halogenated alkanes) is 24. The second-order valence-corrected chi connectivity index (χ2v) is 19.6. The summed E-state index contributed by atoms with van der Waals surface area (Å²) in [6, 6.07) is 8.68. The Morgan fingerprint density at radius 2 is 0.529 bits per heavy atom. The summed E-state index contributed by atoms with van der Waals surface area (Å²) in [4.78, 5) is 0. The lowest BCUT2D eigenvalue weighted by Gasteiger charge is -2.36. The van der Waals surface area contributed by atoms with E-state index in [1.54, 1.807) is 0 Å². The lowest BCUT2D eigenvalue weighted by Crippen LogP contribution is -2.55. The van der Waals surface area contributed by atoms with Crippen LogP contribution in [0.1, 0.15) is 194 Å². The van der Waals surface area contributed by atoms with Gasteiger partial charge in [-0.1, -0.05) is 103 Å². The Morgan fingerprint density at radius 3 is 0.725 bits per heavy atom. The number of hydrogen-bond acceptors (Lipinski definition) is 8. The number of nitrogens with zero attached hydrogens (tertiary/aromatic N) is 6. The third-order valence-electron chi connectivity index (χ3n) is 9.71. The summed E-state index contributed by atoms with van der Waals surface area (Å²) in [5, 5.41) is 35.1. The van der Waals surface area contributed by atoms with Gasteiger partial charge < -0.3 is 0 Å². The van der Waals surface area contributed by atoms with Gasteiger partial charge in [-0.3, -0.25) is 0 Å². The average Bonchev–Trinajstić information content (AvgIpc) is 3.10. The molecule has 12 heteroatoms. The summed E-state index contributed by atoms with van der Waals surface area (Å²) in [6.45, 7) is 3.90. The van der Waals surface area contributed by atoms with Gasteiger partial charge in [0.15, 0.2) is 4.08 Å². The molecular weight excluding hydrogens is 681 g/mol. The Labute approximate surface area is 313 Å². The van der Waals surface area contributed by atoms with Crippen molar-refractivity contribution in [1.29, 1.82) is 21.0 Å². The van der Waals surface area contributed by atoms with E-state index < -0.39 is 24.1 Å². The molecule has 0 bridgehead atoms. The zero-order valence-corrected chi connectivity index (χ0v) is 33.9. The van der Waals surface area contributed by atoms with Crippen LogP contribution in [-0.2, 0) is 20.0 Å². The van der Waals surface area contributed by atoms with Gasteiger partial charge in [0.25, 0.3) is 0 Å². The van der Waals surface area contributed by atoms with Crippen molar-refractivity contribution in [3.05, 3.63) is 0 Å².